The Bertz CT molecular complexity index is 838. The maximum Gasteiger partial charge on any atom is 0.270 e. The van der Waals surface area contributed by atoms with Crippen LogP contribution in [0.15, 0.2) is 47.5 Å². The Kier molecular flexibility index (Phi) is 6.22. The lowest BCUT2D eigenvalue weighted by atomic mass is 10.2. The molecule has 0 saturated carbocycles. The van der Waals surface area contributed by atoms with Crippen LogP contribution >= 0.6 is 0 Å². The number of rotatable bonds is 8. The Morgan fingerprint density at radius 3 is 2.56 bits per heavy atom. The van der Waals surface area contributed by atoms with Gasteiger partial charge >= 0.3 is 0 Å². The molecule has 0 saturated heterocycles. The zero-order valence-electron chi connectivity index (χ0n) is 14.3. The van der Waals surface area contributed by atoms with Gasteiger partial charge in [0.05, 0.1) is 9.82 Å². The van der Waals surface area contributed by atoms with Gasteiger partial charge < -0.3 is 0 Å². The number of hydrogen-bond acceptors (Lipinski definition) is 5. The summed E-state index contributed by atoms with van der Waals surface area (Å²) in [6, 6.07) is 9.41. The summed E-state index contributed by atoms with van der Waals surface area (Å²) in [7, 11) is -3.82. The molecular weight excluding hydrogens is 342 g/mol. The van der Waals surface area contributed by atoms with Gasteiger partial charge in [0.2, 0.25) is 10.0 Å². The molecule has 134 valence electrons. The predicted octanol–water partition coefficient (Wildman–Crippen LogP) is 2.94. The van der Waals surface area contributed by atoms with Crippen LogP contribution in [0.2, 0.25) is 0 Å². The van der Waals surface area contributed by atoms with E-state index in [9.17, 15) is 18.5 Å². The lowest BCUT2D eigenvalue weighted by Gasteiger charge is -2.22. The normalized spacial score (nSPS) is 11.6. The number of pyridine rings is 1. The molecule has 1 aromatic carbocycles. The number of nitrogens with zero attached hydrogens (tertiary/aromatic N) is 3. The van der Waals surface area contributed by atoms with Crippen LogP contribution in [0, 0.1) is 17.0 Å². The summed E-state index contributed by atoms with van der Waals surface area (Å²) in [4.78, 5) is 14.6. The summed E-state index contributed by atoms with van der Waals surface area (Å²) in [5.41, 5.74) is 1.06. The average Bonchev–Trinajstić information content (AvgIpc) is 2.59. The maximum absolute atomic E-state index is 13.0. The minimum atomic E-state index is -3.82. The first-order chi connectivity index (χ1) is 11.9. The third kappa shape index (κ3) is 4.61. The quantitative estimate of drug-likeness (QED) is 0.531. The second kappa shape index (κ2) is 8.17. The van der Waals surface area contributed by atoms with Crippen LogP contribution in [0.3, 0.4) is 0 Å². The van der Waals surface area contributed by atoms with Crippen LogP contribution in [0.25, 0.3) is 0 Å². The molecule has 8 heteroatoms. The van der Waals surface area contributed by atoms with E-state index in [4.69, 9.17) is 0 Å². The molecule has 2 rings (SSSR count). The number of nitro benzene ring substituents is 1. The fourth-order valence-electron chi connectivity index (χ4n) is 2.51. The first-order valence-electron chi connectivity index (χ1n) is 8.01. The molecule has 0 amide bonds. The van der Waals surface area contributed by atoms with Gasteiger partial charge in [0.15, 0.2) is 0 Å². The summed E-state index contributed by atoms with van der Waals surface area (Å²) >= 11 is 0. The molecule has 25 heavy (non-hydrogen) atoms. The fraction of sp³-hybridized carbons (Fsp3) is 0.353. The Morgan fingerprint density at radius 2 is 1.96 bits per heavy atom. The number of hydrogen-bond donors (Lipinski definition) is 0. The van der Waals surface area contributed by atoms with Crippen molar-refractivity contribution in [3.8, 4) is 0 Å². The Labute approximate surface area is 147 Å². The highest BCUT2D eigenvalue weighted by molar-refractivity contribution is 7.89. The molecule has 0 spiro atoms. The first kappa shape index (κ1) is 19.0. The van der Waals surface area contributed by atoms with Crippen molar-refractivity contribution in [2.24, 2.45) is 0 Å². The molecular formula is C17H21N3O4S. The van der Waals surface area contributed by atoms with Crippen molar-refractivity contribution in [1.82, 2.24) is 9.29 Å². The zero-order valence-corrected chi connectivity index (χ0v) is 15.1. The number of benzene rings is 1. The Morgan fingerprint density at radius 1 is 1.20 bits per heavy atom. The summed E-state index contributed by atoms with van der Waals surface area (Å²) in [6.07, 6.45) is 2.79. The van der Waals surface area contributed by atoms with Gasteiger partial charge in [0.25, 0.3) is 5.69 Å². The molecule has 2 aromatic rings. The molecule has 0 unspecified atom stereocenters. The summed E-state index contributed by atoms with van der Waals surface area (Å²) in [6.45, 7) is 4.15. The van der Waals surface area contributed by atoms with Crippen molar-refractivity contribution in [3.63, 3.8) is 0 Å². The average molecular weight is 363 g/mol. The molecule has 0 fully saturated rings. The van der Waals surface area contributed by atoms with Gasteiger partial charge in [-0.05, 0) is 31.0 Å². The topological polar surface area (TPSA) is 93.4 Å². The molecule has 0 radical (unpaired) electrons. The van der Waals surface area contributed by atoms with E-state index in [0.717, 1.165) is 11.8 Å². The largest absolute Gasteiger partial charge is 0.270 e. The van der Waals surface area contributed by atoms with E-state index in [0.29, 0.717) is 24.9 Å². The Balaban J connectivity index is 2.32. The molecule has 0 bridgehead atoms. The van der Waals surface area contributed by atoms with Gasteiger partial charge in [-0.3, -0.25) is 15.1 Å². The molecule has 0 atom stereocenters. The number of sulfonamides is 1. The van der Waals surface area contributed by atoms with Crippen LogP contribution in [0.5, 0.6) is 0 Å². The zero-order chi connectivity index (χ0) is 18.4. The minimum Gasteiger partial charge on any atom is -0.261 e. The van der Waals surface area contributed by atoms with E-state index in [1.807, 2.05) is 19.1 Å². The molecule has 0 aliphatic carbocycles. The van der Waals surface area contributed by atoms with Crippen LogP contribution in [0.4, 0.5) is 5.69 Å². The third-order valence-corrected chi connectivity index (χ3v) is 5.86. The SMILES string of the molecule is CCCN(CCc1ccccn1)S(=O)(=O)c1cc([N+](=O)[O-])ccc1C. The highest BCUT2D eigenvalue weighted by Gasteiger charge is 2.27. The molecule has 0 aliphatic heterocycles. The molecule has 7 nitrogen and oxygen atoms in total. The van der Waals surface area contributed by atoms with E-state index in [1.54, 1.807) is 19.2 Å². The van der Waals surface area contributed by atoms with Crippen molar-refractivity contribution >= 4 is 15.7 Å². The second-order valence-corrected chi connectivity index (χ2v) is 7.59. The standard InChI is InChI=1S/C17H21N3O4S/c1-3-11-19(12-9-15-6-4-5-10-18-15)25(23,24)17-13-16(20(21)22)8-7-14(17)2/h4-8,10,13H,3,9,11-12H2,1-2H3. The molecule has 0 N–H and O–H groups in total. The van der Waals surface area contributed by atoms with Gasteiger partial charge in [0.1, 0.15) is 0 Å². The molecule has 0 aliphatic rings. The van der Waals surface area contributed by atoms with Crippen molar-refractivity contribution in [1.29, 1.82) is 0 Å². The van der Waals surface area contributed by atoms with Crippen molar-refractivity contribution in [2.45, 2.75) is 31.6 Å². The van der Waals surface area contributed by atoms with Crippen molar-refractivity contribution < 1.29 is 13.3 Å². The van der Waals surface area contributed by atoms with Gasteiger partial charge in [-0.15, -0.1) is 0 Å². The van der Waals surface area contributed by atoms with Gasteiger partial charge in [-0.2, -0.15) is 4.31 Å². The Hall–Kier alpha value is -2.32. The minimum absolute atomic E-state index is 0.0174. The number of aromatic nitrogens is 1. The van der Waals surface area contributed by atoms with Crippen LogP contribution in [-0.4, -0.2) is 35.7 Å². The summed E-state index contributed by atoms with van der Waals surface area (Å²) < 4.78 is 27.4. The highest BCUT2D eigenvalue weighted by atomic mass is 32.2. The monoisotopic (exact) mass is 363 g/mol. The summed E-state index contributed by atoms with van der Waals surface area (Å²) in [5.74, 6) is 0. The van der Waals surface area contributed by atoms with Crippen molar-refractivity contribution in [3.05, 3.63) is 64.0 Å². The second-order valence-electron chi connectivity index (χ2n) is 5.68. The number of aryl methyl sites for hydroxylation is 1. The van der Waals surface area contributed by atoms with E-state index < -0.39 is 14.9 Å². The van der Waals surface area contributed by atoms with Gasteiger partial charge in [-0.25, -0.2) is 8.42 Å². The number of non-ortho nitro benzene ring substituents is 1. The lowest BCUT2D eigenvalue weighted by molar-refractivity contribution is -0.385. The van der Waals surface area contributed by atoms with Crippen LogP contribution in [0.1, 0.15) is 24.6 Å². The smallest absolute Gasteiger partial charge is 0.261 e. The van der Waals surface area contributed by atoms with E-state index in [1.165, 1.54) is 16.4 Å². The van der Waals surface area contributed by atoms with Gasteiger partial charge in [0, 0.05) is 43.5 Å². The van der Waals surface area contributed by atoms with E-state index in [2.05, 4.69) is 4.98 Å². The van der Waals surface area contributed by atoms with Crippen molar-refractivity contribution in [2.75, 3.05) is 13.1 Å². The maximum atomic E-state index is 13.0. The predicted molar refractivity (Wildman–Crippen MR) is 94.8 cm³/mol. The van der Waals surface area contributed by atoms with Crippen LogP contribution in [-0.2, 0) is 16.4 Å². The summed E-state index contributed by atoms with van der Waals surface area (Å²) in [5, 5.41) is 11.0. The van der Waals surface area contributed by atoms with E-state index in [-0.39, 0.29) is 17.1 Å². The first-order valence-corrected chi connectivity index (χ1v) is 9.45. The molecule has 1 aromatic heterocycles. The fourth-order valence-corrected chi connectivity index (χ4v) is 4.28. The highest BCUT2D eigenvalue weighted by Crippen LogP contribution is 2.25. The molecule has 1 heterocycles. The van der Waals surface area contributed by atoms with Gasteiger partial charge in [-0.1, -0.05) is 19.1 Å². The third-order valence-electron chi connectivity index (χ3n) is 3.82. The number of nitro groups is 1. The lowest BCUT2D eigenvalue weighted by Crippen LogP contribution is -2.34. The van der Waals surface area contributed by atoms with E-state index >= 15 is 0 Å². The van der Waals surface area contributed by atoms with Crippen LogP contribution < -0.4 is 0 Å².